The Morgan fingerprint density at radius 2 is 1.82 bits per heavy atom. The summed E-state index contributed by atoms with van der Waals surface area (Å²) >= 11 is 17.5. The fourth-order valence-corrected chi connectivity index (χ4v) is 2.88. The molecule has 0 spiro atoms. The van der Waals surface area contributed by atoms with Crippen LogP contribution in [-0.2, 0) is 0 Å². The summed E-state index contributed by atoms with van der Waals surface area (Å²) in [5, 5.41) is 8.06. The minimum atomic E-state index is 0.0952. The number of hydrogen-bond donors (Lipinski definition) is 2. The fourth-order valence-electron chi connectivity index (χ4n) is 2.25. The second-order valence-corrected chi connectivity index (χ2v) is 6.56. The lowest BCUT2D eigenvalue weighted by Gasteiger charge is -2.20. The van der Waals surface area contributed by atoms with Gasteiger partial charge in [-0.15, -0.1) is 0 Å². The van der Waals surface area contributed by atoms with E-state index >= 15 is 0 Å². The zero-order valence-corrected chi connectivity index (χ0v) is 15.0. The largest absolute Gasteiger partial charge is 0.356 e. The molecule has 116 valence electrons. The summed E-state index contributed by atoms with van der Waals surface area (Å²) in [4.78, 5) is 0. The molecule has 0 aliphatic heterocycles. The van der Waals surface area contributed by atoms with Gasteiger partial charge in [0.05, 0.1) is 16.8 Å². The van der Waals surface area contributed by atoms with Crippen molar-refractivity contribution in [2.24, 2.45) is 0 Å². The van der Waals surface area contributed by atoms with Gasteiger partial charge in [-0.1, -0.05) is 47.0 Å². The summed E-state index contributed by atoms with van der Waals surface area (Å²) in [6.45, 7) is 6.25. The molecule has 1 unspecified atom stereocenters. The van der Waals surface area contributed by atoms with Crippen molar-refractivity contribution >= 4 is 46.2 Å². The lowest BCUT2D eigenvalue weighted by Crippen LogP contribution is -2.31. The standard InChI is InChI=1S/C17H18Cl2N2S/c1-10-4-5-11(2)14(8-10)12(3)20-17(22)21-16-9-13(18)6-7-15(16)19/h4-9,12H,1-3H3,(H2,20,21,22). The number of benzene rings is 2. The third-order valence-electron chi connectivity index (χ3n) is 3.43. The average molecular weight is 353 g/mol. The van der Waals surface area contributed by atoms with Gasteiger partial charge in [0.15, 0.2) is 5.11 Å². The molecule has 0 bridgehead atoms. The highest BCUT2D eigenvalue weighted by Gasteiger charge is 2.11. The summed E-state index contributed by atoms with van der Waals surface area (Å²) < 4.78 is 0. The van der Waals surface area contributed by atoms with Crippen LogP contribution in [0.1, 0.15) is 29.7 Å². The molecular weight excluding hydrogens is 335 g/mol. The van der Waals surface area contributed by atoms with Gasteiger partial charge in [-0.25, -0.2) is 0 Å². The van der Waals surface area contributed by atoms with Crippen LogP contribution in [0.15, 0.2) is 36.4 Å². The van der Waals surface area contributed by atoms with E-state index in [1.54, 1.807) is 18.2 Å². The molecule has 5 heteroatoms. The number of nitrogens with one attached hydrogen (secondary N) is 2. The quantitative estimate of drug-likeness (QED) is 0.697. The molecule has 2 aromatic rings. The van der Waals surface area contributed by atoms with Gasteiger partial charge in [0.25, 0.3) is 0 Å². The number of anilines is 1. The van der Waals surface area contributed by atoms with Gasteiger partial charge >= 0.3 is 0 Å². The number of aryl methyl sites for hydroxylation is 2. The van der Waals surface area contributed by atoms with Gasteiger partial charge in [0, 0.05) is 5.02 Å². The Morgan fingerprint density at radius 1 is 1.09 bits per heavy atom. The lowest BCUT2D eigenvalue weighted by molar-refractivity contribution is 0.716. The van der Waals surface area contributed by atoms with Crippen molar-refractivity contribution in [3.63, 3.8) is 0 Å². The van der Waals surface area contributed by atoms with Gasteiger partial charge < -0.3 is 10.6 Å². The van der Waals surface area contributed by atoms with Crippen molar-refractivity contribution in [2.75, 3.05) is 5.32 Å². The van der Waals surface area contributed by atoms with Crippen molar-refractivity contribution < 1.29 is 0 Å². The Morgan fingerprint density at radius 3 is 2.55 bits per heavy atom. The molecule has 2 rings (SSSR count). The molecule has 2 N–H and O–H groups in total. The zero-order valence-electron chi connectivity index (χ0n) is 12.7. The summed E-state index contributed by atoms with van der Waals surface area (Å²) in [5.74, 6) is 0. The maximum atomic E-state index is 6.13. The van der Waals surface area contributed by atoms with Crippen LogP contribution in [0, 0.1) is 13.8 Å². The van der Waals surface area contributed by atoms with Crippen LogP contribution in [0.5, 0.6) is 0 Å². The van der Waals surface area contributed by atoms with E-state index in [1.165, 1.54) is 16.7 Å². The minimum absolute atomic E-state index is 0.0952. The number of hydrogen-bond acceptors (Lipinski definition) is 1. The second kappa shape index (κ2) is 7.32. The first kappa shape index (κ1) is 17.1. The highest BCUT2D eigenvalue weighted by molar-refractivity contribution is 7.80. The molecule has 22 heavy (non-hydrogen) atoms. The van der Waals surface area contributed by atoms with Crippen LogP contribution in [0.2, 0.25) is 10.0 Å². The Bertz CT molecular complexity index is 701. The van der Waals surface area contributed by atoms with E-state index in [1.807, 2.05) is 0 Å². The smallest absolute Gasteiger partial charge is 0.171 e. The third-order valence-corrected chi connectivity index (χ3v) is 4.21. The van der Waals surface area contributed by atoms with E-state index in [2.05, 4.69) is 49.6 Å². The Hall–Kier alpha value is -1.29. The first-order valence-corrected chi connectivity index (χ1v) is 8.13. The lowest BCUT2D eigenvalue weighted by atomic mass is 10.0. The topological polar surface area (TPSA) is 24.1 Å². The van der Waals surface area contributed by atoms with Crippen LogP contribution in [-0.4, -0.2) is 5.11 Å². The van der Waals surface area contributed by atoms with Crippen LogP contribution >= 0.6 is 35.4 Å². The van der Waals surface area contributed by atoms with Crippen molar-refractivity contribution in [3.05, 3.63) is 63.1 Å². The Labute approximate surface area is 146 Å². The van der Waals surface area contributed by atoms with Gasteiger partial charge in [0.2, 0.25) is 0 Å². The van der Waals surface area contributed by atoms with E-state index in [9.17, 15) is 0 Å². The fraction of sp³-hybridized carbons (Fsp3) is 0.235. The predicted molar refractivity (Wildman–Crippen MR) is 100 cm³/mol. The molecule has 0 aliphatic rings. The molecule has 1 atom stereocenters. The SMILES string of the molecule is Cc1ccc(C)c(C(C)NC(=S)Nc2cc(Cl)ccc2Cl)c1. The molecule has 0 saturated heterocycles. The first-order chi connectivity index (χ1) is 10.4. The van der Waals surface area contributed by atoms with Crippen molar-refractivity contribution in [2.45, 2.75) is 26.8 Å². The summed E-state index contributed by atoms with van der Waals surface area (Å²) in [5.41, 5.74) is 4.38. The Balaban J connectivity index is 2.08. The van der Waals surface area contributed by atoms with E-state index in [0.29, 0.717) is 20.8 Å². The third kappa shape index (κ3) is 4.35. The number of thiocarbonyl (C=S) groups is 1. The normalized spacial score (nSPS) is 11.9. The molecule has 0 fully saturated rings. The molecule has 0 aromatic heterocycles. The van der Waals surface area contributed by atoms with Gasteiger partial charge in [0.1, 0.15) is 0 Å². The van der Waals surface area contributed by atoms with Crippen LogP contribution < -0.4 is 10.6 Å². The second-order valence-electron chi connectivity index (χ2n) is 5.30. The summed E-state index contributed by atoms with van der Waals surface area (Å²) in [6.07, 6.45) is 0. The van der Waals surface area contributed by atoms with E-state index < -0.39 is 0 Å². The highest BCUT2D eigenvalue weighted by Crippen LogP contribution is 2.25. The van der Waals surface area contributed by atoms with Crippen molar-refractivity contribution in [1.82, 2.24) is 5.32 Å². The predicted octanol–water partition coefficient (Wildman–Crippen LogP) is 5.66. The maximum Gasteiger partial charge on any atom is 0.171 e. The van der Waals surface area contributed by atoms with E-state index in [4.69, 9.17) is 35.4 Å². The van der Waals surface area contributed by atoms with Gasteiger partial charge in [-0.3, -0.25) is 0 Å². The summed E-state index contributed by atoms with van der Waals surface area (Å²) in [6, 6.07) is 11.7. The zero-order chi connectivity index (χ0) is 16.3. The minimum Gasteiger partial charge on any atom is -0.356 e. The van der Waals surface area contributed by atoms with E-state index in [-0.39, 0.29) is 6.04 Å². The molecule has 0 saturated carbocycles. The molecular formula is C17H18Cl2N2S. The molecule has 2 nitrogen and oxygen atoms in total. The average Bonchev–Trinajstić information content (AvgIpc) is 2.45. The molecule has 0 aliphatic carbocycles. The number of rotatable bonds is 3. The van der Waals surface area contributed by atoms with Gasteiger partial charge in [-0.05, 0) is 62.3 Å². The van der Waals surface area contributed by atoms with Gasteiger partial charge in [-0.2, -0.15) is 0 Å². The monoisotopic (exact) mass is 352 g/mol. The van der Waals surface area contributed by atoms with Crippen molar-refractivity contribution in [3.8, 4) is 0 Å². The van der Waals surface area contributed by atoms with Crippen LogP contribution in [0.4, 0.5) is 5.69 Å². The number of halogens is 2. The summed E-state index contributed by atoms with van der Waals surface area (Å²) in [7, 11) is 0. The molecule has 2 aromatic carbocycles. The van der Waals surface area contributed by atoms with Crippen molar-refractivity contribution in [1.29, 1.82) is 0 Å². The molecule has 0 heterocycles. The van der Waals surface area contributed by atoms with Crippen LogP contribution in [0.3, 0.4) is 0 Å². The highest BCUT2D eigenvalue weighted by atomic mass is 35.5. The molecule has 0 radical (unpaired) electrons. The maximum absolute atomic E-state index is 6.13. The molecule has 0 amide bonds. The Kier molecular flexibility index (Phi) is 5.68. The van der Waals surface area contributed by atoms with E-state index in [0.717, 1.165) is 0 Å². The van der Waals surface area contributed by atoms with Crippen LogP contribution in [0.25, 0.3) is 0 Å². The first-order valence-electron chi connectivity index (χ1n) is 6.96.